The van der Waals surface area contributed by atoms with Gasteiger partial charge in [-0.05, 0) is 40.0 Å². The Hall–Kier alpha value is -0.290. The van der Waals surface area contributed by atoms with Gasteiger partial charge in [0.25, 0.3) is 0 Å². The van der Waals surface area contributed by atoms with Crippen molar-refractivity contribution in [3.05, 3.63) is 0 Å². The summed E-state index contributed by atoms with van der Waals surface area (Å²) >= 11 is 3.40. The van der Waals surface area contributed by atoms with Gasteiger partial charge < -0.3 is 15.2 Å². The Morgan fingerprint density at radius 1 is 1.44 bits per heavy atom. The number of hydrogen-bond acceptors (Lipinski definition) is 3. The molecular formula is C11H20BrNO3. The van der Waals surface area contributed by atoms with Crippen LogP contribution in [0.1, 0.15) is 40.0 Å². The topological polar surface area (TPSA) is 58.6 Å². The van der Waals surface area contributed by atoms with Gasteiger partial charge in [0.1, 0.15) is 5.60 Å². The average Bonchev–Trinajstić information content (AvgIpc) is 2.08. The predicted octanol–water partition coefficient (Wildman–Crippen LogP) is 2.19. The number of ether oxygens (including phenoxy) is 1. The maximum absolute atomic E-state index is 11.5. The molecule has 94 valence electrons. The number of carbonyl (C=O) groups excluding carboxylic acids is 1. The van der Waals surface area contributed by atoms with Crippen molar-refractivity contribution in [2.75, 3.05) is 0 Å². The van der Waals surface area contributed by atoms with E-state index in [2.05, 4.69) is 21.2 Å². The largest absolute Gasteiger partial charge is 0.444 e. The second-order valence-electron chi connectivity index (χ2n) is 5.24. The van der Waals surface area contributed by atoms with Gasteiger partial charge in [0, 0.05) is 10.9 Å². The summed E-state index contributed by atoms with van der Waals surface area (Å²) in [5.74, 6) is 0. The van der Waals surface area contributed by atoms with E-state index in [1.165, 1.54) is 0 Å². The van der Waals surface area contributed by atoms with Crippen molar-refractivity contribution in [2.45, 2.75) is 62.6 Å². The van der Waals surface area contributed by atoms with E-state index in [9.17, 15) is 9.90 Å². The van der Waals surface area contributed by atoms with E-state index in [1.807, 2.05) is 20.8 Å². The molecule has 0 aliphatic heterocycles. The first-order chi connectivity index (χ1) is 7.28. The first-order valence-corrected chi connectivity index (χ1v) is 6.51. The molecule has 2 N–H and O–H groups in total. The lowest BCUT2D eigenvalue weighted by atomic mass is 9.93. The lowest BCUT2D eigenvalue weighted by Crippen LogP contribution is -2.45. The summed E-state index contributed by atoms with van der Waals surface area (Å²) in [5, 5.41) is 12.4. The normalized spacial score (nSPS) is 30.9. The standard InChI is InChI=1S/C11H20BrNO3/c1-11(2,3)16-10(15)13-7-4-5-8(12)9(14)6-7/h7-9,14H,4-6H2,1-3H3,(H,13,15)/t7-,8-,9-/m1/s1. The predicted molar refractivity (Wildman–Crippen MR) is 65.7 cm³/mol. The van der Waals surface area contributed by atoms with Gasteiger partial charge in [-0.2, -0.15) is 0 Å². The van der Waals surface area contributed by atoms with Crippen LogP contribution in [0.2, 0.25) is 0 Å². The molecule has 0 unspecified atom stereocenters. The summed E-state index contributed by atoms with van der Waals surface area (Å²) in [5.41, 5.74) is -0.477. The van der Waals surface area contributed by atoms with Crippen molar-refractivity contribution < 1.29 is 14.6 Å². The number of nitrogens with one attached hydrogen (secondary N) is 1. The quantitative estimate of drug-likeness (QED) is 0.729. The van der Waals surface area contributed by atoms with Gasteiger partial charge in [0.2, 0.25) is 0 Å². The molecule has 3 atom stereocenters. The fourth-order valence-electron chi connectivity index (χ4n) is 1.72. The Balaban J connectivity index is 2.35. The number of hydrogen-bond donors (Lipinski definition) is 2. The number of amides is 1. The third-order valence-corrected chi connectivity index (χ3v) is 3.52. The maximum Gasteiger partial charge on any atom is 0.407 e. The fourth-order valence-corrected chi connectivity index (χ4v) is 2.20. The molecule has 1 aliphatic carbocycles. The van der Waals surface area contributed by atoms with Gasteiger partial charge in [-0.1, -0.05) is 15.9 Å². The molecule has 5 heteroatoms. The monoisotopic (exact) mass is 293 g/mol. The summed E-state index contributed by atoms with van der Waals surface area (Å²) < 4.78 is 5.16. The summed E-state index contributed by atoms with van der Waals surface area (Å²) in [4.78, 5) is 11.6. The second-order valence-corrected chi connectivity index (χ2v) is 6.42. The maximum atomic E-state index is 11.5. The molecule has 1 rings (SSSR count). The average molecular weight is 294 g/mol. The minimum atomic E-state index is -0.477. The molecular weight excluding hydrogens is 274 g/mol. The van der Waals surface area contributed by atoms with Crippen molar-refractivity contribution in [1.29, 1.82) is 0 Å². The van der Waals surface area contributed by atoms with Crippen molar-refractivity contribution >= 4 is 22.0 Å². The van der Waals surface area contributed by atoms with Crippen LogP contribution >= 0.6 is 15.9 Å². The van der Waals surface area contributed by atoms with Gasteiger partial charge in [-0.25, -0.2) is 4.79 Å². The molecule has 0 radical (unpaired) electrons. The van der Waals surface area contributed by atoms with Crippen LogP contribution in [-0.2, 0) is 4.74 Å². The van der Waals surface area contributed by atoms with Crippen LogP contribution in [0.4, 0.5) is 4.79 Å². The lowest BCUT2D eigenvalue weighted by Gasteiger charge is -2.31. The summed E-state index contributed by atoms with van der Waals surface area (Å²) in [6.45, 7) is 5.49. The Labute approximate surface area is 105 Å². The fraction of sp³-hybridized carbons (Fsp3) is 0.909. The smallest absolute Gasteiger partial charge is 0.407 e. The number of carbonyl (C=O) groups is 1. The van der Waals surface area contributed by atoms with Crippen molar-refractivity contribution in [3.63, 3.8) is 0 Å². The van der Waals surface area contributed by atoms with Gasteiger partial charge in [-0.15, -0.1) is 0 Å². The number of rotatable bonds is 1. The molecule has 0 spiro atoms. The van der Waals surface area contributed by atoms with Crippen LogP contribution in [0.15, 0.2) is 0 Å². The number of alkyl carbamates (subject to hydrolysis) is 1. The first-order valence-electron chi connectivity index (χ1n) is 5.59. The summed E-state index contributed by atoms with van der Waals surface area (Å²) in [6.07, 6.45) is 1.51. The van der Waals surface area contributed by atoms with Crippen molar-refractivity contribution in [2.24, 2.45) is 0 Å². The number of halogens is 1. The molecule has 1 aliphatic rings. The number of aliphatic hydroxyl groups excluding tert-OH is 1. The molecule has 0 aromatic heterocycles. The van der Waals surface area contributed by atoms with E-state index in [0.717, 1.165) is 12.8 Å². The SMILES string of the molecule is CC(C)(C)OC(=O)N[C@@H]1CC[C@@H](Br)[C@H](O)C1. The second kappa shape index (κ2) is 5.36. The van der Waals surface area contributed by atoms with Crippen LogP contribution in [0.3, 0.4) is 0 Å². The Morgan fingerprint density at radius 2 is 2.06 bits per heavy atom. The molecule has 16 heavy (non-hydrogen) atoms. The summed E-state index contributed by atoms with van der Waals surface area (Å²) in [6, 6.07) is 0.0126. The zero-order valence-electron chi connectivity index (χ0n) is 10.00. The number of aliphatic hydroxyl groups is 1. The molecule has 0 aromatic rings. The minimum absolute atomic E-state index is 0.0126. The molecule has 0 heterocycles. The lowest BCUT2D eigenvalue weighted by molar-refractivity contribution is 0.0457. The molecule has 0 saturated heterocycles. The Morgan fingerprint density at radius 3 is 2.56 bits per heavy atom. The van der Waals surface area contributed by atoms with Crippen LogP contribution in [0.25, 0.3) is 0 Å². The molecule has 4 nitrogen and oxygen atoms in total. The van der Waals surface area contributed by atoms with Gasteiger partial charge in [-0.3, -0.25) is 0 Å². The molecule has 0 bridgehead atoms. The van der Waals surface area contributed by atoms with Crippen molar-refractivity contribution in [3.8, 4) is 0 Å². The third kappa shape index (κ3) is 4.70. The Bertz CT molecular complexity index is 252. The zero-order valence-corrected chi connectivity index (χ0v) is 11.6. The van der Waals surface area contributed by atoms with Gasteiger partial charge in [0.05, 0.1) is 6.10 Å². The van der Waals surface area contributed by atoms with Crippen LogP contribution in [0, 0.1) is 0 Å². The van der Waals surface area contributed by atoms with E-state index < -0.39 is 17.8 Å². The highest BCUT2D eigenvalue weighted by Crippen LogP contribution is 2.25. The molecule has 1 amide bonds. The van der Waals surface area contributed by atoms with E-state index in [4.69, 9.17) is 4.74 Å². The van der Waals surface area contributed by atoms with Crippen molar-refractivity contribution in [1.82, 2.24) is 5.32 Å². The van der Waals surface area contributed by atoms with E-state index >= 15 is 0 Å². The number of alkyl halides is 1. The van der Waals surface area contributed by atoms with E-state index in [-0.39, 0.29) is 10.9 Å². The van der Waals surface area contributed by atoms with Crippen LogP contribution in [-0.4, -0.2) is 33.8 Å². The van der Waals surface area contributed by atoms with Gasteiger partial charge in [0.15, 0.2) is 0 Å². The highest BCUT2D eigenvalue weighted by molar-refractivity contribution is 9.09. The third-order valence-electron chi connectivity index (χ3n) is 2.46. The highest BCUT2D eigenvalue weighted by atomic mass is 79.9. The van der Waals surface area contributed by atoms with Crippen LogP contribution in [0.5, 0.6) is 0 Å². The van der Waals surface area contributed by atoms with Crippen LogP contribution < -0.4 is 5.32 Å². The van der Waals surface area contributed by atoms with E-state index in [0.29, 0.717) is 6.42 Å². The molecule has 1 saturated carbocycles. The molecule has 1 fully saturated rings. The first kappa shape index (κ1) is 13.8. The highest BCUT2D eigenvalue weighted by Gasteiger charge is 2.29. The van der Waals surface area contributed by atoms with E-state index in [1.54, 1.807) is 0 Å². The molecule has 0 aromatic carbocycles. The zero-order chi connectivity index (χ0) is 12.3. The minimum Gasteiger partial charge on any atom is -0.444 e. The van der Waals surface area contributed by atoms with Gasteiger partial charge >= 0.3 is 6.09 Å². The Kier molecular flexibility index (Phi) is 4.62. The summed E-state index contributed by atoms with van der Waals surface area (Å²) in [7, 11) is 0.